The summed E-state index contributed by atoms with van der Waals surface area (Å²) in [6.45, 7) is 10.6. The summed E-state index contributed by atoms with van der Waals surface area (Å²) in [4.78, 5) is 11.5. The average Bonchev–Trinajstić information content (AvgIpc) is 2.25. The first-order valence-electron chi connectivity index (χ1n) is 5.16. The normalized spacial score (nSPS) is 11.9. The molecule has 2 N–H and O–H groups in total. The highest BCUT2D eigenvalue weighted by atomic mass is 16.2. The van der Waals surface area contributed by atoms with Crippen LogP contribution in [0.1, 0.15) is 20.3 Å². The standard InChI is InChI=1S/C12H18BNO2/c1-5-8-10(4)12(15)14-13(16)11(7-3)9-6-2/h5-6,8-9,16H,1-2,7H2,3-4H3,(H,14,15)/b10-8+,11-9+. The second-order valence-corrected chi connectivity index (χ2v) is 3.29. The Hall–Kier alpha value is -1.55. The van der Waals surface area contributed by atoms with E-state index in [9.17, 15) is 9.82 Å². The van der Waals surface area contributed by atoms with Gasteiger partial charge in [-0.3, -0.25) is 4.79 Å². The number of amides is 1. The number of rotatable bonds is 6. The Balaban J connectivity index is 4.55. The van der Waals surface area contributed by atoms with Crippen molar-refractivity contribution < 1.29 is 9.82 Å². The molecule has 0 bridgehead atoms. The monoisotopic (exact) mass is 219 g/mol. The molecule has 0 aliphatic rings. The molecule has 16 heavy (non-hydrogen) atoms. The summed E-state index contributed by atoms with van der Waals surface area (Å²) in [5.41, 5.74) is 1.22. The van der Waals surface area contributed by atoms with Gasteiger partial charge in [0.25, 0.3) is 0 Å². The molecular weight excluding hydrogens is 201 g/mol. The number of nitrogens with one attached hydrogen (secondary N) is 1. The minimum absolute atomic E-state index is 0.309. The summed E-state index contributed by atoms with van der Waals surface area (Å²) in [6, 6.07) is 0. The van der Waals surface area contributed by atoms with Crippen LogP contribution in [0.25, 0.3) is 0 Å². The van der Waals surface area contributed by atoms with E-state index in [4.69, 9.17) is 0 Å². The number of carbonyl (C=O) groups excluding carboxylic acids is 1. The van der Waals surface area contributed by atoms with Crippen molar-refractivity contribution in [3.8, 4) is 0 Å². The van der Waals surface area contributed by atoms with Crippen molar-refractivity contribution in [1.29, 1.82) is 0 Å². The van der Waals surface area contributed by atoms with E-state index in [1.807, 2.05) is 6.92 Å². The summed E-state index contributed by atoms with van der Waals surface area (Å²) >= 11 is 0. The van der Waals surface area contributed by atoms with Gasteiger partial charge >= 0.3 is 7.05 Å². The molecule has 0 rings (SSSR count). The molecule has 3 nitrogen and oxygen atoms in total. The summed E-state index contributed by atoms with van der Waals surface area (Å²) in [7, 11) is -0.969. The van der Waals surface area contributed by atoms with Crippen LogP contribution in [0.2, 0.25) is 0 Å². The van der Waals surface area contributed by atoms with Gasteiger partial charge in [-0.1, -0.05) is 44.4 Å². The predicted octanol–water partition coefficient (Wildman–Crippen LogP) is 1.78. The maximum atomic E-state index is 11.5. The maximum absolute atomic E-state index is 11.5. The van der Waals surface area contributed by atoms with E-state index in [0.717, 1.165) is 5.47 Å². The van der Waals surface area contributed by atoms with Gasteiger partial charge in [0.15, 0.2) is 0 Å². The van der Waals surface area contributed by atoms with Crippen molar-refractivity contribution in [2.75, 3.05) is 0 Å². The minimum Gasteiger partial charge on any atom is -0.429 e. The van der Waals surface area contributed by atoms with E-state index in [0.29, 0.717) is 12.0 Å². The van der Waals surface area contributed by atoms with Crippen LogP contribution < -0.4 is 5.23 Å². The highest BCUT2D eigenvalue weighted by molar-refractivity contribution is 6.59. The van der Waals surface area contributed by atoms with Gasteiger partial charge in [0, 0.05) is 5.57 Å². The van der Waals surface area contributed by atoms with E-state index in [1.54, 1.807) is 25.2 Å². The highest BCUT2D eigenvalue weighted by Crippen LogP contribution is 2.03. The maximum Gasteiger partial charge on any atom is 0.444 e. The summed E-state index contributed by atoms with van der Waals surface area (Å²) in [6.07, 6.45) is 7.04. The summed E-state index contributed by atoms with van der Waals surface area (Å²) < 4.78 is 0. The molecule has 0 radical (unpaired) electrons. The number of allylic oxidation sites excluding steroid dienone is 5. The Morgan fingerprint density at radius 2 is 1.94 bits per heavy atom. The molecule has 0 aliphatic carbocycles. The quantitative estimate of drug-likeness (QED) is 0.406. The molecule has 0 aliphatic heterocycles. The van der Waals surface area contributed by atoms with Crippen LogP contribution in [0, 0.1) is 0 Å². The van der Waals surface area contributed by atoms with Crippen LogP contribution in [0.15, 0.2) is 48.5 Å². The van der Waals surface area contributed by atoms with Gasteiger partial charge in [-0.2, -0.15) is 0 Å². The third-order valence-corrected chi connectivity index (χ3v) is 2.09. The average molecular weight is 219 g/mol. The lowest BCUT2D eigenvalue weighted by molar-refractivity contribution is -0.116. The molecule has 0 unspecified atom stereocenters. The lowest BCUT2D eigenvalue weighted by Crippen LogP contribution is -2.41. The highest BCUT2D eigenvalue weighted by Gasteiger charge is 2.19. The first-order valence-corrected chi connectivity index (χ1v) is 5.16. The van der Waals surface area contributed by atoms with Crippen molar-refractivity contribution in [2.45, 2.75) is 20.3 Å². The number of hydrogen-bond acceptors (Lipinski definition) is 2. The van der Waals surface area contributed by atoms with E-state index < -0.39 is 7.05 Å². The van der Waals surface area contributed by atoms with Gasteiger partial charge in [-0.15, -0.1) is 0 Å². The fourth-order valence-corrected chi connectivity index (χ4v) is 1.14. The first-order chi connectivity index (χ1) is 7.56. The molecule has 0 fully saturated rings. The molecule has 0 aromatic carbocycles. The van der Waals surface area contributed by atoms with Gasteiger partial charge in [0.05, 0.1) is 0 Å². The van der Waals surface area contributed by atoms with E-state index in [1.165, 1.54) is 6.08 Å². The fraction of sp³-hybridized carbons (Fsp3) is 0.250. The molecule has 0 aromatic heterocycles. The molecular formula is C12H18BNO2. The van der Waals surface area contributed by atoms with Crippen LogP contribution in [0.3, 0.4) is 0 Å². The second kappa shape index (κ2) is 7.71. The van der Waals surface area contributed by atoms with Gasteiger partial charge in [0.2, 0.25) is 5.91 Å². The van der Waals surface area contributed by atoms with Crippen molar-refractivity contribution >= 4 is 13.0 Å². The summed E-state index contributed by atoms with van der Waals surface area (Å²) in [5, 5.41) is 12.2. The lowest BCUT2D eigenvalue weighted by Gasteiger charge is -2.10. The third-order valence-electron chi connectivity index (χ3n) is 2.09. The van der Waals surface area contributed by atoms with Gasteiger partial charge < -0.3 is 10.3 Å². The van der Waals surface area contributed by atoms with Crippen LogP contribution in [0.4, 0.5) is 0 Å². The predicted molar refractivity (Wildman–Crippen MR) is 68.6 cm³/mol. The molecule has 4 heteroatoms. The molecule has 86 valence electrons. The Kier molecular flexibility index (Phi) is 6.96. The SMILES string of the molecule is C=C/C=C(\CC)B(O)NC(=O)/C(C)=C/C=C. The molecule has 0 saturated heterocycles. The number of hydrogen-bond donors (Lipinski definition) is 2. The Bertz CT molecular complexity index is 332. The Labute approximate surface area is 97.4 Å². The summed E-state index contributed by atoms with van der Waals surface area (Å²) in [5.74, 6) is -0.309. The molecule has 0 spiro atoms. The van der Waals surface area contributed by atoms with Crippen LogP contribution in [-0.2, 0) is 4.79 Å². The van der Waals surface area contributed by atoms with Crippen molar-refractivity contribution in [1.82, 2.24) is 5.23 Å². The van der Waals surface area contributed by atoms with Gasteiger partial charge in [0.1, 0.15) is 0 Å². The van der Waals surface area contributed by atoms with E-state index in [2.05, 4.69) is 18.4 Å². The van der Waals surface area contributed by atoms with Gasteiger partial charge in [-0.05, 0) is 18.8 Å². The third kappa shape index (κ3) is 4.80. The number of carbonyl (C=O) groups is 1. The largest absolute Gasteiger partial charge is 0.444 e. The lowest BCUT2D eigenvalue weighted by atomic mass is 9.71. The molecule has 0 atom stereocenters. The van der Waals surface area contributed by atoms with Crippen LogP contribution in [-0.4, -0.2) is 18.0 Å². The topological polar surface area (TPSA) is 49.3 Å². The zero-order valence-corrected chi connectivity index (χ0v) is 9.86. The van der Waals surface area contributed by atoms with Crippen LogP contribution >= 0.6 is 0 Å². The van der Waals surface area contributed by atoms with E-state index in [-0.39, 0.29) is 5.91 Å². The first kappa shape index (κ1) is 14.5. The smallest absolute Gasteiger partial charge is 0.429 e. The Morgan fingerprint density at radius 3 is 2.38 bits per heavy atom. The van der Waals surface area contributed by atoms with Crippen molar-refractivity contribution in [2.24, 2.45) is 0 Å². The minimum atomic E-state index is -0.969. The van der Waals surface area contributed by atoms with Crippen molar-refractivity contribution in [3.63, 3.8) is 0 Å². The Morgan fingerprint density at radius 1 is 1.38 bits per heavy atom. The van der Waals surface area contributed by atoms with Crippen molar-refractivity contribution in [3.05, 3.63) is 48.5 Å². The molecule has 0 heterocycles. The van der Waals surface area contributed by atoms with E-state index >= 15 is 0 Å². The zero-order chi connectivity index (χ0) is 12.6. The van der Waals surface area contributed by atoms with Crippen LogP contribution in [0.5, 0.6) is 0 Å². The second-order valence-electron chi connectivity index (χ2n) is 3.29. The molecule has 0 saturated carbocycles. The molecule has 0 aromatic rings. The fourth-order valence-electron chi connectivity index (χ4n) is 1.14. The van der Waals surface area contributed by atoms with Gasteiger partial charge in [-0.25, -0.2) is 0 Å². The molecule has 1 amide bonds. The zero-order valence-electron chi connectivity index (χ0n) is 9.86.